The maximum Gasteiger partial charge on any atom is 0.320 e. The molecular weight excluding hydrogens is 282 g/mol. The minimum Gasteiger partial charge on any atom is -0.459 e. The van der Waals surface area contributed by atoms with E-state index in [9.17, 15) is 9.59 Å². The number of hydrogen-bond acceptors (Lipinski definition) is 5. The summed E-state index contributed by atoms with van der Waals surface area (Å²) in [6, 6.07) is 0.313. The Labute approximate surface area is 133 Å². The van der Waals surface area contributed by atoms with Crippen molar-refractivity contribution in [2.75, 3.05) is 32.7 Å². The molecule has 1 aliphatic heterocycles. The number of piperazine rings is 1. The smallest absolute Gasteiger partial charge is 0.320 e. The lowest BCUT2D eigenvalue weighted by molar-refractivity contribution is -0.156. The summed E-state index contributed by atoms with van der Waals surface area (Å²) in [5, 5.41) is 3.05. The highest BCUT2D eigenvalue weighted by Crippen LogP contribution is 2.19. The Hall–Kier alpha value is -1.14. The first-order valence-corrected chi connectivity index (χ1v) is 8.23. The maximum absolute atomic E-state index is 12.1. The molecule has 1 amide bonds. The molecule has 1 aliphatic carbocycles. The zero-order chi connectivity index (χ0) is 16.3. The number of nitrogens with zero attached hydrogens (tertiary/aromatic N) is 2. The Morgan fingerprint density at radius 1 is 1.18 bits per heavy atom. The van der Waals surface area contributed by atoms with Crippen LogP contribution in [-0.2, 0) is 14.3 Å². The van der Waals surface area contributed by atoms with E-state index in [-0.39, 0.29) is 17.9 Å². The molecule has 1 atom stereocenters. The first-order chi connectivity index (χ1) is 10.2. The average molecular weight is 311 g/mol. The highest BCUT2D eigenvalue weighted by molar-refractivity contribution is 5.81. The van der Waals surface area contributed by atoms with Gasteiger partial charge in [-0.05, 0) is 40.5 Å². The fourth-order valence-electron chi connectivity index (χ4n) is 2.58. The second-order valence-electron chi connectivity index (χ2n) is 7.36. The van der Waals surface area contributed by atoms with Crippen LogP contribution in [0.1, 0.15) is 40.5 Å². The van der Waals surface area contributed by atoms with Gasteiger partial charge in [-0.25, -0.2) is 0 Å². The summed E-state index contributed by atoms with van der Waals surface area (Å²) in [6.45, 7) is 11.1. The predicted octanol–water partition coefficient (Wildman–Crippen LogP) is 0.613. The third-order valence-corrected chi connectivity index (χ3v) is 4.03. The topological polar surface area (TPSA) is 61.9 Å². The summed E-state index contributed by atoms with van der Waals surface area (Å²) in [5.74, 6) is -0.0523. The van der Waals surface area contributed by atoms with Crippen molar-refractivity contribution in [1.29, 1.82) is 0 Å². The first kappa shape index (κ1) is 17.2. The molecule has 0 spiro atoms. The lowest BCUT2D eigenvalue weighted by atomic mass is 10.2. The fraction of sp³-hybridized carbons (Fsp3) is 0.875. The lowest BCUT2D eigenvalue weighted by Crippen LogP contribution is -2.55. The van der Waals surface area contributed by atoms with E-state index in [1.165, 1.54) is 0 Å². The molecule has 1 saturated carbocycles. The SMILES string of the molecule is CC(C(=O)NC1CC1)N1CCN(CC(=O)OC(C)(C)C)CC1. The van der Waals surface area contributed by atoms with Crippen molar-refractivity contribution in [3.05, 3.63) is 0 Å². The average Bonchev–Trinajstić information content (AvgIpc) is 3.20. The Kier molecular flexibility index (Phi) is 5.45. The van der Waals surface area contributed by atoms with E-state index < -0.39 is 5.60 Å². The number of ether oxygens (including phenoxy) is 1. The molecule has 0 aromatic heterocycles. The van der Waals surface area contributed by atoms with Crippen LogP contribution in [0, 0.1) is 0 Å². The van der Waals surface area contributed by atoms with Gasteiger partial charge >= 0.3 is 5.97 Å². The normalized spacial score (nSPS) is 22.2. The highest BCUT2D eigenvalue weighted by atomic mass is 16.6. The third kappa shape index (κ3) is 5.57. The van der Waals surface area contributed by atoms with Crippen LogP contribution in [0.25, 0.3) is 0 Å². The minimum atomic E-state index is -0.436. The van der Waals surface area contributed by atoms with Gasteiger partial charge in [0.05, 0.1) is 12.6 Å². The van der Waals surface area contributed by atoms with Gasteiger partial charge in [-0.3, -0.25) is 19.4 Å². The lowest BCUT2D eigenvalue weighted by Gasteiger charge is -2.37. The van der Waals surface area contributed by atoms with Gasteiger partial charge in [0.2, 0.25) is 5.91 Å². The molecule has 1 unspecified atom stereocenters. The number of amides is 1. The molecule has 1 heterocycles. The molecule has 0 radical (unpaired) electrons. The first-order valence-electron chi connectivity index (χ1n) is 8.23. The molecule has 0 bridgehead atoms. The summed E-state index contributed by atoms with van der Waals surface area (Å²) in [4.78, 5) is 28.2. The maximum atomic E-state index is 12.1. The monoisotopic (exact) mass is 311 g/mol. The molecule has 2 fully saturated rings. The Morgan fingerprint density at radius 3 is 2.27 bits per heavy atom. The van der Waals surface area contributed by atoms with Gasteiger partial charge in [-0.2, -0.15) is 0 Å². The zero-order valence-corrected chi connectivity index (χ0v) is 14.2. The molecule has 2 rings (SSSR count). The molecule has 1 saturated heterocycles. The van der Waals surface area contributed by atoms with Crippen LogP contribution in [0.5, 0.6) is 0 Å². The largest absolute Gasteiger partial charge is 0.459 e. The van der Waals surface area contributed by atoms with E-state index >= 15 is 0 Å². The number of hydrogen-bond donors (Lipinski definition) is 1. The van der Waals surface area contributed by atoms with Gasteiger partial charge < -0.3 is 10.1 Å². The summed E-state index contributed by atoms with van der Waals surface area (Å²) in [6.07, 6.45) is 2.23. The number of rotatable bonds is 5. The van der Waals surface area contributed by atoms with Crippen LogP contribution < -0.4 is 5.32 Å². The number of carbonyl (C=O) groups is 2. The van der Waals surface area contributed by atoms with Crippen molar-refractivity contribution >= 4 is 11.9 Å². The Morgan fingerprint density at radius 2 is 1.77 bits per heavy atom. The van der Waals surface area contributed by atoms with E-state index in [2.05, 4.69) is 15.1 Å². The summed E-state index contributed by atoms with van der Waals surface area (Å²) >= 11 is 0. The molecule has 22 heavy (non-hydrogen) atoms. The van der Waals surface area contributed by atoms with Crippen molar-refractivity contribution in [2.45, 2.75) is 58.2 Å². The van der Waals surface area contributed by atoms with Crippen molar-refractivity contribution in [3.8, 4) is 0 Å². The van der Waals surface area contributed by atoms with Gasteiger partial charge in [-0.15, -0.1) is 0 Å². The van der Waals surface area contributed by atoms with Gasteiger partial charge in [0.15, 0.2) is 0 Å². The number of nitrogens with one attached hydrogen (secondary N) is 1. The van der Waals surface area contributed by atoms with Gasteiger partial charge in [-0.1, -0.05) is 0 Å². The van der Waals surface area contributed by atoms with E-state index in [0.29, 0.717) is 12.6 Å². The standard InChI is InChI=1S/C16H29N3O3/c1-12(15(21)17-13-5-6-13)19-9-7-18(8-10-19)11-14(20)22-16(2,3)4/h12-13H,5-11H2,1-4H3,(H,17,21). The van der Waals surface area contributed by atoms with Crippen LogP contribution in [-0.4, -0.2) is 72.1 Å². The molecule has 0 aromatic rings. The predicted molar refractivity (Wildman–Crippen MR) is 84.5 cm³/mol. The van der Waals surface area contributed by atoms with E-state index in [1.54, 1.807) is 0 Å². The van der Waals surface area contributed by atoms with Gasteiger partial charge in [0, 0.05) is 32.2 Å². The molecule has 0 aromatic carbocycles. The zero-order valence-electron chi connectivity index (χ0n) is 14.2. The second-order valence-corrected chi connectivity index (χ2v) is 7.36. The molecule has 1 N–H and O–H groups in total. The van der Waals surface area contributed by atoms with Crippen molar-refractivity contribution < 1.29 is 14.3 Å². The van der Waals surface area contributed by atoms with Crippen LogP contribution in [0.2, 0.25) is 0 Å². The van der Waals surface area contributed by atoms with Crippen molar-refractivity contribution in [1.82, 2.24) is 15.1 Å². The quantitative estimate of drug-likeness (QED) is 0.754. The number of carbonyl (C=O) groups excluding carboxylic acids is 2. The van der Waals surface area contributed by atoms with E-state index in [1.807, 2.05) is 27.7 Å². The fourth-order valence-corrected chi connectivity index (χ4v) is 2.58. The van der Waals surface area contributed by atoms with Crippen LogP contribution in [0.4, 0.5) is 0 Å². The molecular formula is C16H29N3O3. The molecule has 126 valence electrons. The third-order valence-electron chi connectivity index (χ3n) is 4.03. The van der Waals surface area contributed by atoms with E-state index in [0.717, 1.165) is 39.0 Å². The van der Waals surface area contributed by atoms with Gasteiger partial charge in [0.25, 0.3) is 0 Å². The second kappa shape index (κ2) is 6.96. The van der Waals surface area contributed by atoms with Crippen LogP contribution in [0.15, 0.2) is 0 Å². The highest BCUT2D eigenvalue weighted by Gasteiger charge is 2.30. The Bertz CT molecular complexity index is 407. The van der Waals surface area contributed by atoms with Crippen LogP contribution >= 0.6 is 0 Å². The number of esters is 1. The molecule has 6 heteroatoms. The minimum absolute atomic E-state index is 0.0933. The molecule has 2 aliphatic rings. The van der Waals surface area contributed by atoms with Crippen molar-refractivity contribution in [3.63, 3.8) is 0 Å². The summed E-state index contributed by atoms with van der Waals surface area (Å²) in [5.41, 5.74) is -0.436. The van der Waals surface area contributed by atoms with Gasteiger partial charge in [0.1, 0.15) is 5.60 Å². The Balaban J connectivity index is 1.70. The molecule has 6 nitrogen and oxygen atoms in total. The van der Waals surface area contributed by atoms with Crippen molar-refractivity contribution in [2.24, 2.45) is 0 Å². The summed E-state index contributed by atoms with van der Waals surface area (Å²) in [7, 11) is 0. The summed E-state index contributed by atoms with van der Waals surface area (Å²) < 4.78 is 5.35. The van der Waals surface area contributed by atoms with E-state index in [4.69, 9.17) is 4.74 Å². The van der Waals surface area contributed by atoms with Crippen LogP contribution in [0.3, 0.4) is 0 Å².